The molecule has 0 saturated carbocycles. The van der Waals surface area contributed by atoms with Crippen molar-refractivity contribution in [2.24, 2.45) is 0 Å². The van der Waals surface area contributed by atoms with Gasteiger partial charge < -0.3 is 5.32 Å². The van der Waals surface area contributed by atoms with Gasteiger partial charge in [0, 0.05) is 32.9 Å². The van der Waals surface area contributed by atoms with E-state index >= 15 is 0 Å². The standard InChI is InChI=1S/C16H13Br2N3/c17-13-6-7-16(15(18)8-13)19-9-12-10-20-21(11-12)14-4-2-1-3-5-14/h1-8,10-11,19H,9H2. The molecule has 106 valence electrons. The maximum Gasteiger partial charge on any atom is 0.0645 e. The molecular weight excluding hydrogens is 394 g/mol. The zero-order chi connectivity index (χ0) is 14.7. The van der Waals surface area contributed by atoms with E-state index in [0.717, 1.165) is 32.4 Å². The van der Waals surface area contributed by atoms with Crippen molar-refractivity contribution in [3.05, 3.63) is 75.4 Å². The number of benzene rings is 2. The number of nitrogens with one attached hydrogen (secondary N) is 1. The van der Waals surface area contributed by atoms with Crippen LogP contribution in [0.5, 0.6) is 0 Å². The zero-order valence-corrected chi connectivity index (χ0v) is 14.3. The number of rotatable bonds is 4. The molecule has 0 aliphatic rings. The summed E-state index contributed by atoms with van der Waals surface area (Å²) in [5, 5.41) is 7.79. The van der Waals surface area contributed by atoms with Gasteiger partial charge in [0.05, 0.1) is 11.9 Å². The average molecular weight is 407 g/mol. The van der Waals surface area contributed by atoms with E-state index in [0.29, 0.717) is 0 Å². The summed E-state index contributed by atoms with van der Waals surface area (Å²) in [6, 6.07) is 16.2. The van der Waals surface area contributed by atoms with Gasteiger partial charge in [-0.1, -0.05) is 34.1 Å². The first-order valence-corrected chi connectivity index (χ1v) is 8.09. The highest BCUT2D eigenvalue weighted by atomic mass is 79.9. The van der Waals surface area contributed by atoms with Gasteiger partial charge in [0.2, 0.25) is 0 Å². The van der Waals surface area contributed by atoms with E-state index in [9.17, 15) is 0 Å². The highest BCUT2D eigenvalue weighted by Gasteiger charge is 2.03. The molecule has 1 aromatic heterocycles. The highest BCUT2D eigenvalue weighted by Crippen LogP contribution is 2.26. The molecule has 3 aromatic rings. The Morgan fingerprint density at radius 3 is 2.62 bits per heavy atom. The van der Waals surface area contributed by atoms with E-state index in [-0.39, 0.29) is 0 Å². The second kappa shape index (κ2) is 6.45. The number of halogens is 2. The molecule has 1 N–H and O–H groups in total. The summed E-state index contributed by atoms with van der Waals surface area (Å²) in [7, 11) is 0. The molecular formula is C16H13Br2N3. The Labute approximate surface area is 140 Å². The van der Waals surface area contributed by atoms with Crippen LogP contribution in [0.2, 0.25) is 0 Å². The average Bonchev–Trinajstić information content (AvgIpc) is 2.96. The van der Waals surface area contributed by atoms with Crippen molar-refractivity contribution in [2.75, 3.05) is 5.32 Å². The van der Waals surface area contributed by atoms with Crippen LogP contribution in [-0.2, 0) is 6.54 Å². The molecule has 3 rings (SSSR count). The van der Waals surface area contributed by atoms with Crippen LogP contribution < -0.4 is 5.32 Å². The van der Waals surface area contributed by atoms with Gasteiger partial charge in [-0.05, 0) is 46.3 Å². The van der Waals surface area contributed by atoms with Gasteiger partial charge in [-0.2, -0.15) is 5.10 Å². The van der Waals surface area contributed by atoms with Crippen molar-refractivity contribution in [1.82, 2.24) is 9.78 Å². The van der Waals surface area contributed by atoms with E-state index in [4.69, 9.17) is 0 Å². The molecule has 0 bridgehead atoms. The van der Waals surface area contributed by atoms with Gasteiger partial charge in [0.15, 0.2) is 0 Å². The molecule has 0 aliphatic heterocycles. The first kappa shape index (κ1) is 14.4. The van der Waals surface area contributed by atoms with Gasteiger partial charge in [-0.3, -0.25) is 0 Å². The van der Waals surface area contributed by atoms with Crippen LogP contribution in [0.4, 0.5) is 5.69 Å². The molecule has 0 spiro atoms. The maximum absolute atomic E-state index is 4.39. The van der Waals surface area contributed by atoms with E-state index in [2.05, 4.69) is 42.3 Å². The third-order valence-electron chi connectivity index (χ3n) is 3.07. The van der Waals surface area contributed by atoms with E-state index in [1.807, 2.05) is 65.6 Å². The van der Waals surface area contributed by atoms with Crippen molar-refractivity contribution < 1.29 is 0 Å². The lowest BCUT2D eigenvalue weighted by Crippen LogP contribution is -1.99. The highest BCUT2D eigenvalue weighted by molar-refractivity contribution is 9.11. The largest absolute Gasteiger partial charge is 0.380 e. The molecule has 0 amide bonds. The number of hydrogen-bond donors (Lipinski definition) is 1. The number of hydrogen-bond acceptors (Lipinski definition) is 2. The topological polar surface area (TPSA) is 29.9 Å². The lowest BCUT2D eigenvalue weighted by Gasteiger charge is -2.07. The monoisotopic (exact) mass is 405 g/mol. The first-order chi connectivity index (χ1) is 10.2. The minimum absolute atomic E-state index is 0.729. The predicted molar refractivity (Wildman–Crippen MR) is 92.7 cm³/mol. The molecule has 0 aliphatic carbocycles. The smallest absolute Gasteiger partial charge is 0.0645 e. The second-order valence-corrected chi connectivity index (χ2v) is 6.38. The molecule has 21 heavy (non-hydrogen) atoms. The second-order valence-electron chi connectivity index (χ2n) is 4.61. The quantitative estimate of drug-likeness (QED) is 0.659. The number of nitrogens with zero attached hydrogens (tertiary/aromatic N) is 2. The van der Waals surface area contributed by atoms with Crippen LogP contribution in [0.3, 0.4) is 0 Å². The lowest BCUT2D eigenvalue weighted by atomic mass is 10.3. The van der Waals surface area contributed by atoms with Gasteiger partial charge >= 0.3 is 0 Å². The predicted octanol–water partition coefficient (Wildman–Crippen LogP) is 5.01. The van der Waals surface area contributed by atoms with Crippen LogP contribution in [0, 0.1) is 0 Å². The fourth-order valence-corrected chi connectivity index (χ4v) is 3.19. The number of aromatic nitrogens is 2. The summed E-state index contributed by atoms with van der Waals surface area (Å²) < 4.78 is 3.97. The van der Waals surface area contributed by atoms with Crippen molar-refractivity contribution >= 4 is 37.5 Å². The van der Waals surface area contributed by atoms with Crippen LogP contribution in [0.1, 0.15) is 5.56 Å². The fraction of sp³-hybridized carbons (Fsp3) is 0.0625. The molecule has 0 atom stereocenters. The Kier molecular flexibility index (Phi) is 4.41. The molecule has 0 unspecified atom stereocenters. The van der Waals surface area contributed by atoms with E-state index in [1.165, 1.54) is 0 Å². The molecule has 5 heteroatoms. The van der Waals surface area contributed by atoms with Crippen LogP contribution >= 0.6 is 31.9 Å². The molecule has 2 aromatic carbocycles. The Morgan fingerprint density at radius 1 is 1.05 bits per heavy atom. The molecule has 3 nitrogen and oxygen atoms in total. The Morgan fingerprint density at radius 2 is 1.86 bits per heavy atom. The summed E-state index contributed by atoms with van der Waals surface area (Å²) in [6.07, 6.45) is 3.92. The van der Waals surface area contributed by atoms with Crippen LogP contribution in [0.15, 0.2) is 69.9 Å². The summed E-state index contributed by atoms with van der Waals surface area (Å²) in [5.41, 5.74) is 3.26. The minimum atomic E-state index is 0.729. The van der Waals surface area contributed by atoms with Crippen molar-refractivity contribution in [1.29, 1.82) is 0 Å². The number of para-hydroxylation sites is 1. The Hall–Kier alpha value is -1.59. The molecule has 0 saturated heterocycles. The third kappa shape index (κ3) is 3.54. The normalized spacial score (nSPS) is 10.6. The Bertz CT molecular complexity index is 738. The maximum atomic E-state index is 4.39. The first-order valence-electron chi connectivity index (χ1n) is 6.50. The third-order valence-corrected chi connectivity index (χ3v) is 4.22. The Balaban J connectivity index is 1.70. The van der Waals surface area contributed by atoms with E-state index < -0.39 is 0 Å². The van der Waals surface area contributed by atoms with Crippen molar-refractivity contribution in [2.45, 2.75) is 6.54 Å². The SMILES string of the molecule is Brc1ccc(NCc2cnn(-c3ccccc3)c2)c(Br)c1. The van der Waals surface area contributed by atoms with Crippen molar-refractivity contribution in [3.8, 4) is 5.69 Å². The summed E-state index contributed by atoms with van der Waals surface area (Å²) >= 11 is 7.00. The molecule has 0 radical (unpaired) electrons. The van der Waals surface area contributed by atoms with E-state index in [1.54, 1.807) is 0 Å². The summed E-state index contributed by atoms with van der Waals surface area (Å²) in [4.78, 5) is 0. The zero-order valence-electron chi connectivity index (χ0n) is 11.1. The van der Waals surface area contributed by atoms with Gasteiger partial charge in [0.1, 0.15) is 0 Å². The van der Waals surface area contributed by atoms with Gasteiger partial charge in [-0.25, -0.2) is 4.68 Å². The minimum Gasteiger partial charge on any atom is -0.380 e. The molecule has 0 fully saturated rings. The van der Waals surface area contributed by atoms with Crippen molar-refractivity contribution in [3.63, 3.8) is 0 Å². The summed E-state index contributed by atoms with van der Waals surface area (Å²) in [6.45, 7) is 0.729. The van der Waals surface area contributed by atoms with Gasteiger partial charge in [-0.15, -0.1) is 0 Å². The summed E-state index contributed by atoms with van der Waals surface area (Å²) in [5.74, 6) is 0. The lowest BCUT2D eigenvalue weighted by molar-refractivity contribution is 0.880. The van der Waals surface area contributed by atoms with Crippen LogP contribution in [0.25, 0.3) is 5.69 Å². The fourth-order valence-electron chi connectivity index (χ4n) is 2.00. The van der Waals surface area contributed by atoms with Crippen LogP contribution in [-0.4, -0.2) is 9.78 Å². The van der Waals surface area contributed by atoms with Gasteiger partial charge in [0.25, 0.3) is 0 Å². The molecule has 1 heterocycles. The number of anilines is 1.